The summed E-state index contributed by atoms with van der Waals surface area (Å²) in [6.45, 7) is 6.53. The second kappa shape index (κ2) is 9.45. The molecule has 0 unspecified atom stereocenters. The predicted molar refractivity (Wildman–Crippen MR) is 125 cm³/mol. The van der Waals surface area contributed by atoms with E-state index >= 15 is 0 Å². The maximum atomic E-state index is 12.5. The molecule has 3 aromatic carbocycles. The third-order valence-corrected chi connectivity index (χ3v) is 6.46. The second-order valence-corrected chi connectivity index (χ2v) is 10.1. The molecule has 3 aromatic rings. The van der Waals surface area contributed by atoms with Crippen molar-refractivity contribution in [3.8, 4) is 11.1 Å². The Balaban J connectivity index is 1.51. The maximum absolute atomic E-state index is 12.5. The van der Waals surface area contributed by atoms with Gasteiger partial charge in [-0.1, -0.05) is 75.4 Å². The molecular weight excluding hydrogens is 408 g/mol. The van der Waals surface area contributed by atoms with E-state index in [2.05, 4.69) is 30.8 Å². The smallest absolute Gasteiger partial charge is 0.251 e. The van der Waals surface area contributed by atoms with E-state index in [4.69, 9.17) is 0 Å². The van der Waals surface area contributed by atoms with Gasteiger partial charge in [0.25, 0.3) is 5.91 Å². The van der Waals surface area contributed by atoms with Crippen molar-refractivity contribution >= 4 is 15.9 Å². The largest absolute Gasteiger partial charge is 0.351 e. The van der Waals surface area contributed by atoms with Crippen LogP contribution in [0.2, 0.25) is 0 Å². The van der Waals surface area contributed by atoms with Crippen LogP contribution < -0.4 is 10.0 Å². The normalized spacial score (nSPS) is 11.8. The minimum Gasteiger partial charge on any atom is -0.351 e. The van der Waals surface area contributed by atoms with Crippen molar-refractivity contribution in [1.82, 2.24) is 10.0 Å². The van der Waals surface area contributed by atoms with Crippen LogP contribution in [0.15, 0.2) is 83.8 Å². The molecule has 0 spiro atoms. The number of hydrogen-bond donors (Lipinski definition) is 2. The fourth-order valence-corrected chi connectivity index (χ4v) is 4.16. The van der Waals surface area contributed by atoms with Crippen LogP contribution >= 0.6 is 0 Å². The number of hydrogen-bond acceptors (Lipinski definition) is 3. The molecule has 0 aromatic heterocycles. The van der Waals surface area contributed by atoms with Crippen LogP contribution in [0.5, 0.6) is 0 Å². The predicted octanol–water partition coefficient (Wildman–Crippen LogP) is 4.36. The van der Waals surface area contributed by atoms with E-state index in [-0.39, 0.29) is 29.3 Å². The number of rotatable bonds is 7. The van der Waals surface area contributed by atoms with Crippen LogP contribution in [0.25, 0.3) is 11.1 Å². The summed E-state index contributed by atoms with van der Waals surface area (Å²) >= 11 is 0. The molecule has 5 nitrogen and oxygen atoms in total. The molecule has 2 N–H and O–H groups in total. The van der Waals surface area contributed by atoms with E-state index < -0.39 is 10.0 Å². The molecule has 0 radical (unpaired) electrons. The molecule has 0 heterocycles. The molecule has 0 saturated heterocycles. The van der Waals surface area contributed by atoms with Crippen molar-refractivity contribution in [2.75, 3.05) is 13.1 Å². The standard InChI is InChI=1S/C25H28N2O3S/c1-25(2,3)22-13-15-23(16-14-22)31(29,30)27-18-17-26-24(28)21-11-9-20(10-12-21)19-7-5-4-6-8-19/h4-16,27H,17-18H2,1-3H3,(H,26,28). The van der Waals surface area contributed by atoms with Gasteiger partial charge in [-0.25, -0.2) is 13.1 Å². The molecule has 0 atom stereocenters. The summed E-state index contributed by atoms with van der Waals surface area (Å²) in [7, 11) is -3.62. The van der Waals surface area contributed by atoms with Crippen LogP contribution in [0.4, 0.5) is 0 Å². The van der Waals surface area contributed by atoms with Gasteiger partial charge in [0.05, 0.1) is 4.90 Å². The van der Waals surface area contributed by atoms with Gasteiger partial charge in [0.2, 0.25) is 10.0 Å². The zero-order valence-corrected chi connectivity index (χ0v) is 18.9. The van der Waals surface area contributed by atoms with Gasteiger partial charge in [-0.2, -0.15) is 0 Å². The molecule has 0 saturated carbocycles. The first kappa shape index (κ1) is 22.7. The monoisotopic (exact) mass is 436 g/mol. The molecule has 162 valence electrons. The van der Waals surface area contributed by atoms with E-state index in [1.807, 2.05) is 54.6 Å². The lowest BCUT2D eigenvalue weighted by Gasteiger charge is -2.19. The Morgan fingerprint density at radius 1 is 0.774 bits per heavy atom. The fourth-order valence-electron chi connectivity index (χ4n) is 3.13. The Hall–Kier alpha value is -2.96. The number of amides is 1. The molecule has 31 heavy (non-hydrogen) atoms. The van der Waals surface area contributed by atoms with Crippen molar-refractivity contribution in [2.24, 2.45) is 0 Å². The third kappa shape index (κ3) is 6.03. The Morgan fingerprint density at radius 3 is 1.94 bits per heavy atom. The van der Waals surface area contributed by atoms with Crippen LogP contribution in [-0.4, -0.2) is 27.4 Å². The van der Waals surface area contributed by atoms with Crippen molar-refractivity contribution in [1.29, 1.82) is 0 Å². The zero-order valence-electron chi connectivity index (χ0n) is 18.1. The van der Waals surface area contributed by atoms with Crippen molar-refractivity contribution in [2.45, 2.75) is 31.1 Å². The lowest BCUT2D eigenvalue weighted by molar-refractivity contribution is 0.0954. The lowest BCUT2D eigenvalue weighted by atomic mass is 9.87. The Morgan fingerprint density at radius 2 is 1.35 bits per heavy atom. The highest BCUT2D eigenvalue weighted by atomic mass is 32.2. The van der Waals surface area contributed by atoms with Crippen molar-refractivity contribution in [3.63, 3.8) is 0 Å². The Bertz CT molecular complexity index is 1120. The van der Waals surface area contributed by atoms with Crippen LogP contribution in [0.3, 0.4) is 0 Å². The first-order valence-corrected chi connectivity index (χ1v) is 11.7. The van der Waals surface area contributed by atoms with Gasteiger partial charge < -0.3 is 5.32 Å². The molecule has 0 aliphatic carbocycles. The summed E-state index contributed by atoms with van der Waals surface area (Å²) < 4.78 is 27.4. The average Bonchev–Trinajstić information content (AvgIpc) is 2.77. The second-order valence-electron chi connectivity index (χ2n) is 8.37. The summed E-state index contributed by atoms with van der Waals surface area (Å²) in [6.07, 6.45) is 0. The number of carbonyl (C=O) groups is 1. The molecule has 0 fully saturated rings. The van der Waals surface area contributed by atoms with Gasteiger partial charge in [0, 0.05) is 18.7 Å². The van der Waals surface area contributed by atoms with Gasteiger partial charge in [-0.3, -0.25) is 4.79 Å². The number of carbonyl (C=O) groups excluding carboxylic acids is 1. The van der Waals surface area contributed by atoms with Gasteiger partial charge in [-0.15, -0.1) is 0 Å². The molecular formula is C25H28N2O3S. The van der Waals surface area contributed by atoms with E-state index in [0.29, 0.717) is 5.56 Å². The SMILES string of the molecule is CC(C)(C)c1ccc(S(=O)(=O)NCCNC(=O)c2ccc(-c3ccccc3)cc2)cc1. The molecule has 1 amide bonds. The number of nitrogens with one attached hydrogen (secondary N) is 2. The van der Waals surface area contributed by atoms with E-state index in [1.54, 1.807) is 24.3 Å². The van der Waals surface area contributed by atoms with Crippen LogP contribution in [0.1, 0.15) is 36.7 Å². The Labute approximate surface area is 184 Å². The average molecular weight is 437 g/mol. The quantitative estimate of drug-likeness (QED) is 0.541. The van der Waals surface area contributed by atoms with E-state index in [1.165, 1.54) is 0 Å². The summed E-state index contributed by atoms with van der Waals surface area (Å²) in [5.74, 6) is -0.242. The molecule has 0 aliphatic rings. The zero-order chi connectivity index (χ0) is 22.5. The van der Waals surface area contributed by atoms with Crippen molar-refractivity contribution in [3.05, 3.63) is 90.0 Å². The molecule has 3 rings (SSSR count). The topological polar surface area (TPSA) is 75.3 Å². The molecule has 0 bridgehead atoms. The van der Waals surface area contributed by atoms with Gasteiger partial charge in [-0.05, 0) is 46.4 Å². The highest BCUT2D eigenvalue weighted by Gasteiger charge is 2.17. The van der Waals surface area contributed by atoms with Gasteiger partial charge in [0.1, 0.15) is 0 Å². The van der Waals surface area contributed by atoms with Gasteiger partial charge >= 0.3 is 0 Å². The number of sulfonamides is 1. The fraction of sp³-hybridized carbons (Fsp3) is 0.240. The summed E-state index contributed by atoms with van der Waals surface area (Å²) in [6, 6.07) is 24.1. The van der Waals surface area contributed by atoms with Crippen LogP contribution in [0, 0.1) is 0 Å². The minimum atomic E-state index is -3.62. The summed E-state index contributed by atoms with van der Waals surface area (Å²) in [5.41, 5.74) is 3.67. The first-order valence-electron chi connectivity index (χ1n) is 10.2. The summed E-state index contributed by atoms with van der Waals surface area (Å²) in [4.78, 5) is 12.5. The van der Waals surface area contributed by atoms with Crippen LogP contribution in [-0.2, 0) is 15.4 Å². The first-order chi connectivity index (χ1) is 14.7. The molecule has 6 heteroatoms. The molecule has 0 aliphatic heterocycles. The maximum Gasteiger partial charge on any atom is 0.251 e. The van der Waals surface area contributed by atoms with E-state index in [0.717, 1.165) is 16.7 Å². The third-order valence-electron chi connectivity index (χ3n) is 4.99. The minimum absolute atomic E-state index is 0.0424. The Kier molecular flexibility index (Phi) is 6.93. The summed E-state index contributed by atoms with van der Waals surface area (Å²) in [5, 5.41) is 2.75. The van der Waals surface area contributed by atoms with Crippen molar-refractivity contribution < 1.29 is 13.2 Å². The van der Waals surface area contributed by atoms with Gasteiger partial charge in [0.15, 0.2) is 0 Å². The highest BCUT2D eigenvalue weighted by Crippen LogP contribution is 2.23. The van der Waals surface area contributed by atoms with E-state index in [9.17, 15) is 13.2 Å². The number of benzene rings is 3. The highest BCUT2D eigenvalue weighted by molar-refractivity contribution is 7.89. The lowest BCUT2D eigenvalue weighted by Crippen LogP contribution is -2.34.